The lowest BCUT2D eigenvalue weighted by atomic mass is 10.3. The van der Waals surface area contributed by atoms with Gasteiger partial charge in [-0.15, -0.1) is 0 Å². The SMILES string of the molecule is CCCNC(=O)CN1CCN(CCO)CC1. The topological polar surface area (TPSA) is 55.8 Å². The largest absolute Gasteiger partial charge is 0.395 e. The molecule has 94 valence electrons. The van der Waals surface area contributed by atoms with Gasteiger partial charge >= 0.3 is 0 Å². The Morgan fingerprint density at radius 1 is 1.25 bits per heavy atom. The van der Waals surface area contributed by atoms with E-state index in [4.69, 9.17) is 5.11 Å². The normalized spacial score (nSPS) is 18.6. The first kappa shape index (κ1) is 13.4. The maximum Gasteiger partial charge on any atom is 0.234 e. The van der Waals surface area contributed by atoms with E-state index >= 15 is 0 Å². The van der Waals surface area contributed by atoms with Crippen LogP contribution in [0.25, 0.3) is 0 Å². The van der Waals surface area contributed by atoms with Gasteiger partial charge < -0.3 is 10.4 Å². The molecule has 1 rings (SSSR count). The Hall–Kier alpha value is -0.650. The summed E-state index contributed by atoms with van der Waals surface area (Å²) in [5, 5.41) is 11.7. The summed E-state index contributed by atoms with van der Waals surface area (Å²) in [5.41, 5.74) is 0. The highest BCUT2D eigenvalue weighted by Gasteiger charge is 2.17. The maximum atomic E-state index is 11.5. The van der Waals surface area contributed by atoms with Crippen molar-refractivity contribution in [1.82, 2.24) is 15.1 Å². The fourth-order valence-electron chi connectivity index (χ4n) is 1.84. The van der Waals surface area contributed by atoms with E-state index < -0.39 is 0 Å². The van der Waals surface area contributed by atoms with Crippen LogP contribution in [0, 0.1) is 0 Å². The highest BCUT2D eigenvalue weighted by Crippen LogP contribution is 2.00. The fraction of sp³-hybridized carbons (Fsp3) is 0.909. The first-order chi connectivity index (χ1) is 7.76. The number of hydrogen-bond acceptors (Lipinski definition) is 4. The smallest absolute Gasteiger partial charge is 0.234 e. The van der Waals surface area contributed by atoms with Crippen LogP contribution >= 0.6 is 0 Å². The molecule has 0 aliphatic carbocycles. The standard InChI is InChI=1S/C11H23N3O2/c1-2-3-12-11(16)10-14-6-4-13(5-7-14)8-9-15/h15H,2-10H2,1H3,(H,12,16). The molecular weight excluding hydrogens is 206 g/mol. The van der Waals surface area contributed by atoms with Crippen LogP contribution in [0.5, 0.6) is 0 Å². The zero-order valence-corrected chi connectivity index (χ0v) is 10.1. The Labute approximate surface area is 97.4 Å². The van der Waals surface area contributed by atoms with E-state index in [2.05, 4.69) is 15.1 Å². The summed E-state index contributed by atoms with van der Waals surface area (Å²) in [6, 6.07) is 0. The van der Waals surface area contributed by atoms with Gasteiger partial charge in [-0.3, -0.25) is 14.6 Å². The van der Waals surface area contributed by atoms with Gasteiger partial charge in [0.1, 0.15) is 0 Å². The second-order valence-electron chi connectivity index (χ2n) is 4.19. The van der Waals surface area contributed by atoms with Crippen LogP contribution in [0.4, 0.5) is 0 Å². The quantitative estimate of drug-likeness (QED) is 0.621. The molecule has 1 saturated heterocycles. The zero-order valence-electron chi connectivity index (χ0n) is 10.1. The van der Waals surface area contributed by atoms with Gasteiger partial charge in [0.2, 0.25) is 5.91 Å². The van der Waals surface area contributed by atoms with Crippen LogP contribution in [-0.2, 0) is 4.79 Å². The van der Waals surface area contributed by atoms with Crippen molar-refractivity contribution < 1.29 is 9.90 Å². The summed E-state index contributed by atoms with van der Waals surface area (Å²) in [4.78, 5) is 15.9. The van der Waals surface area contributed by atoms with E-state index in [1.54, 1.807) is 0 Å². The van der Waals surface area contributed by atoms with E-state index in [0.29, 0.717) is 6.54 Å². The van der Waals surface area contributed by atoms with Crippen molar-refractivity contribution in [3.05, 3.63) is 0 Å². The van der Waals surface area contributed by atoms with Gasteiger partial charge in [-0.2, -0.15) is 0 Å². The third-order valence-corrected chi connectivity index (χ3v) is 2.82. The molecule has 1 amide bonds. The number of nitrogens with one attached hydrogen (secondary N) is 1. The number of aliphatic hydroxyl groups is 1. The molecule has 0 saturated carbocycles. The first-order valence-corrected chi connectivity index (χ1v) is 6.08. The molecular formula is C11H23N3O2. The number of amides is 1. The van der Waals surface area contributed by atoms with Gasteiger partial charge in [0.05, 0.1) is 13.2 Å². The average molecular weight is 229 g/mol. The van der Waals surface area contributed by atoms with Crippen LogP contribution in [0.2, 0.25) is 0 Å². The zero-order chi connectivity index (χ0) is 11.8. The minimum Gasteiger partial charge on any atom is -0.395 e. The molecule has 0 aromatic rings. The number of carbonyl (C=O) groups excluding carboxylic acids is 1. The van der Waals surface area contributed by atoms with Crippen LogP contribution in [-0.4, -0.2) is 73.2 Å². The van der Waals surface area contributed by atoms with Crippen LogP contribution in [0.15, 0.2) is 0 Å². The predicted molar refractivity (Wildman–Crippen MR) is 63.3 cm³/mol. The van der Waals surface area contributed by atoms with E-state index in [9.17, 15) is 4.79 Å². The molecule has 2 N–H and O–H groups in total. The number of hydrogen-bond donors (Lipinski definition) is 2. The number of rotatable bonds is 6. The highest BCUT2D eigenvalue weighted by molar-refractivity contribution is 5.77. The predicted octanol–water partition coefficient (Wildman–Crippen LogP) is -0.877. The second kappa shape index (κ2) is 7.60. The Kier molecular flexibility index (Phi) is 6.37. The van der Waals surface area contributed by atoms with Gasteiger partial charge in [0.25, 0.3) is 0 Å². The summed E-state index contributed by atoms with van der Waals surface area (Å²) < 4.78 is 0. The molecule has 0 bridgehead atoms. The summed E-state index contributed by atoms with van der Waals surface area (Å²) >= 11 is 0. The molecule has 0 radical (unpaired) electrons. The molecule has 1 fully saturated rings. The lowest BCUT2D eigenvalue weighted by Gasteiger charge is -2.33. The highest BCUT2D eigenvalue weighted by atomic mass is 16.3. The van der Waals surface area contributed by atoms with Gasteiger partial charge in [-0.1, -0.05) is 6.92 Å². The van der Waals surface area contributed by atoms with E-state index in [-0.39, 0.29) is 12.5 Å². The lowest BCUT2D eigenvalue weighted by molar-refractivity contribution is -0.122. The third kappa shape index (κ3) is 4.92. The van der Waals surface area contributed by atoms with Crippen molar-refractivity contribution in [1.29, 1.82) is 0 Å². The Morgan fingerprint density at radius 2 is 1.88 bits per heavy atom. The summed E-state index contributed by atoms with van der Waals surface area (Å²) in [7, 11) is 0. The molecule has 0 aromatic heterocycles. The minimum absolute atomic E-state index is 0.123. The van der Waals surface area contributed by atoms with E-state index in [1.165, 1.54) is 0 Å². The molecule has 1 aliphatic heterocycles. The Bertz CT molecular complexity index is 203. The lowest BCUT2D eigenvalue weighted by Crippen LogP contribution is -2.50. The van der Waals surface area contributed by atoms with E-state index in [1.807, 2.05) is 6.92 Å². The summed E-state index contributed by atoms with van der Waals surface area (Å²) in [6.07, 6.45) is 0.982. The molecule has 16 heavy (non-hydrogen) atoms. The van der Waals surface area contributed by atoms with E-state index in [0.717, 1.165) is 45.7 Å². The van der Waals surface area contributed by atoms with Crippen molar-refractivity contribution >= 4 is 5.91 Å². The number of β-amino-alcohol motifs (C(OH)–C–C–N with tert-alkyl or cyclic N) is 1. The number of piperazine rings is 1. The van der Waals surface area contributed by atoms with Crippen molar-refractivity contribution in [3.63, 3.8) is 0 Å². The number of aliphatic hydroxyl groups excluding tert-OH is 1. The van der Waals surface area contributed by atoms with Crippen LogP contribution < -0.4 is 5.32 Å². The second-order valence-corrected chi connectivity index (χ2v) is 4.19. The van der Waals surface area contributed by atoms with Gasteiger partial charge in [-0.05, 0) is 6.42 Å². The fourth-order valence-corrected chi connectivity index (χ4v) is 1.84. The summed E-state index contributed by atoms with van der Waals surface area (Å²) in [5.74, 6) is 0.123. The van der Waals surface area contributed by atoms with Gasteiger partial charge in [-0.25, -0.2) is 0 Å². The molecule has 5 nitrogen and oxygen atoms in total. The molecule has 1 aliphatic rings. The molecule has 0 aromatic carbocycles. The minimum atomic E-state index is 0.123. The Morgan fingerprint density at radius 3 is 2.44 bits per heavy atom. The maximum absolute atomic E-state index is 11.5. The van der Waals surface area contributed by atoms with Crippen molar-refractivity contribution in [2.45, 2.75) is 13.3 Å². The molecule has 1 heterocycles. The van der Waals surface area contributed by atoms with Crippen molar-refractivity contribution in [2.75, 3.05) is 52.4 Å². The third-order valence-electron chi connectivity index (χ3n) is 2.82. The molecule has 0 unspecified atom stereocenters. The summed E-state index contributed by atoms with van der Waals surface area (Å²) in [6.45, 7) is 8.01. The van der Waals surface area contributed by atoms with Crippen molar-refractivity contribution in [2.24, 2.45) is 0 Å². The van der Waals surface area contributed by atoms with Gasteiger partial charge in [0.15, 0.2) is 0 Å². The monoisotopic (exact) mass is 229 g/mol. The molecule has 0 spiro atoms. The number of nitrogens with zero attached hydrogens (tertiary/aromatic N) is 2. The average Bonchev–Trinajstić information content (AvgIpc) is 2.29. The first-order valence-electron chi connectivity index (χ1n) is 6.08. The van der Waals surface area contributed by atoms with Crippen molar-refractivity contribution in [3.8, 4) is 0 Å². The van der Waals surface area contributed by atoms with Crippen LogP contribution in [0.1, 0.15) is 13.3 Å². The van der Waals surface area contributed by atoms with Crippen LogP contribution in [0.3, 0.4) is 0 Å². The Balaban J connectivity index is 2.14. The molecule has 0 atom stereocenters. The molecule has 5 heteroatoms. The van der Waals surface area contributed by atoms with Gasteiger partial charge in [0, 0.05) is 39.3 Å². The number of carbonyl (C=O) groups is 1.